The second-order valence-electron chi connectivity index (χ2n) is 6.99. The average Bonchev–Trinajstić information content (AvgIpc) is 3.12. The first-order chi connectivity index (χ1) is 12.4. The van der Waals surface area contributed by atoms with Crippen LogP contribution in [0.5, 0.6) is 5.75 Å². The monoisotopic (exact) mass is 336 g/mol. The number of hydrogen-bond donors (Lipinski definition) is 1. The molecule has 0 saturated carbocycles. The fourth-order valence-corrected chi connectivity index (χ4v) is 4.10. The first-order valence-corrected chi connectivity index (χ1v) is 9.21. The van der Waals surface area contributed by atoms with Gasteiger partial charge in [0.25, 0.3) is 0 Å². The van der Waals surface area contributed by atoms with E-state index in [0.29, 0.717) is 6.04 Å². The number of benzene rings is 1. The highest BCUT2D eigenvalue weighted by Crippen LogP contribution is 2.33. The highest BCUT2D eigenvalue weighted by atomic mass is 16.5. The Labute approximate surface area is 148 Å². The Morgan fingerprint density at radius 3 is 2.96 bits per heavy atom. The second kappa shape index (κ2) is 6.24. The van der Waals surface area contributed by atoms with Crippen molar-refractivity contribution >= 4 is 5.69 Å². The van der Waals surface area contributed by atoms with Crippen molar-refractivity contribution in [2.75, 3.05) is 44.2 Å². The zero-order valence-electron chi connectivity index (χ0n) is 14.4. The molecule has 1 atom stereocenters. The largest absolute Gasteiger partial charge is 0.492 e. The van der Waals surface area contributed by atoms with Gasteiger partial charge in [0.2, 0.25) is 0 Å². The van der Waals surface area contributed by atoms with Gasteiger partial charge in [-0.1, -0.05) is 12.1 Å². The lowest BCUT2D eigenvalue weighted by molar-refractivity contribution is 0.0108. The van der Waals surface area contributed by atoms with Gasteiger partial charge in [0.15, 0.2) is 0 Å². The molecule has 4 heterocycles. The van der Waals surface area contributed by atoms with Crippen molar-refractivity contribution in [2.24, 2.45) is 0 Å². The van der Waals surface area contributed by atoms with Crippen molar-refractivity contribution in [3.05, 3.63) is 60.0 Å². The first kappa shape index (κ1) is 15.0. The molecule has 5 heteroatoms. The molecule has 0 bridgehead atoms. The lowest BCUT2D eigenvalue weighted by Crippen LogP contribution is -2.48. The summed E-state index contributed by atoms with van der Waals surface area (Å²) in [5.41, 5.74) is 3.87. The van der Waals surface area contributed by atoms with E-state index in [-0.39, 0.29) is 0 Å². The fraction of sp³-hybridized carbons (Fsp3) is 0.400. The lowest BCUT2D eigenvalue weighted by Gasteiger charge is -2.38. The average molecular weight is 336 g/mol. The third-order valence-corrected chi connectivity index (χ3v) is 5.48. The lowest BCUT2D eigenvalue weighted by atomic mass is 10.0. The minimum Gasteiger partial charge on any atom is -0.492 e. The smallest absolute Gasteiger partial charge is 0.124 e. The van der Waals surface area contributed by atoms with E-state index in [2.05, 4.69) is 68.9 Å². The molecule has 0 radical (unpaired) electrons. The standard InChI is InChI=1S/C20H24N4O/c1-2-9-23-17(3-1)6-10-24(23)19-13-16-4-5-18(14-20(16)25-15-19)22-11-7-21-8-12-22/h1-6,9,14,19,21H,7-8,10-13,15H2/t19-/m1/s1. The zero-order chi connectivity index (χ0) is 16.6. The van der Waals surface area contributed by atoms with Gasteiger partial charge in [0, 0.05) is 50.7 Å². The topological polar surface area (TPSA) is 31.0 Å². The summed E-state index contributed by atoms with van der Waals surface area (Å²) in [5, 5.41) is 8.07. The van der Waals surface area contributed by atoms with Gasteiger partial charge in [0.05, 0.1) is 11.7 Å². The normalized spacial score (nSPS) is 25.4. The number of nitrogens with one attached hydrogen (secondary N) is 1. The van der Waals surface area contributed by atoms with E-state index in [4.69, 9.17) is 4.74 Å². The molecular weight excluding hydrogens is 312 g/mol. The molecule has 1 fully saturated rings. The summed E-state index contributed by atoms with van der Waals surface area (Å²) in [4.78, 5) is 2.44. The van der Waals surface area contributed by atoms with Crippen LogP contribution in [0.2, 0.25) is 0 Å². The first-order valence-electron chi connectivity index (χ1n) is 9.21. The van der Waals surface area contributed by atoms with Crippen molar-refractivity contribution in [2.45, 2.75) is 12.5 Å². The second-order valence-corrected chi connectivity index (χ2v) is 6.99. The summed E-state index contributed by atoms with van der Waals surface area (Å²) >= 11 is 0. The van der Waals surface area contributed by atoms with Crippen molar-refractivity contribution in [1.82, 2.24) is 15.3 Å². The maximum absolute atomic E-state index is 6.18. The number of hydrogen-bond acceptors (Lipinski definition) is 5. The Kier molecular flexibility index (Phi) is 3.76. The Morgan fingerprint density at radius 2 is 2.04 bits per heavy atom. The maximum atomic E-state index is 6.18. The summed E-state index contributed by atoms with van der Waals surface area (Å²) < 4.78 is 6.18. The van der Waals surface area contributed by atoms with Crippen molar-refractivity contribution in [3.63, 3.8) is 0 Å². The highest BCUT2D eigenvalue weighted by molar-refractivity contribution is 5.55. The molecule has 4 aliphatic heterocycles. The fourth-order valence-electron chi connectivity index (χ4n) is 4.10. The molecule has 4 aliphatic rings. The van der Waals surface area contributed by atoms with Crippen molar-refractivity contribution in [1.29, 1.82) is 0 Å². The van der Waals surface area contributed by atoms with E-state index in [1.807, 2.05) is 0 Å². The van der Waals surface area contributed by atoms with E-state index in [9.17, 15) is 0 Å². The summed E-state index contributed by atoms with van der Waals surface area (Å²) in [6, 6.07) is 7.12. The van der Waals surface area contributed by atoms with Gasteiger partial charge >= 0.3 is 0 Å². The van der Waals surface area contributed by atoms with E-state index < -0.39 is 0 Å². The van der Waals surface area contributed by atoms with Crippen LogP contribution < -0.4 is 15.0 Å². The van der Waals surface area contributed by atoms with Crippen LogP contribution >= 0.6 is 0 Å². The molecule has 0 aromatic heterocycles. The summed E-state index contributed by atoms with van der Waals surface area (Å²) in [5.74, 6) is 1.06. The number of piperazine rings is 1. The Morgan fingerprint density at radius 1 is 1.12 bits per heavy atom. The highest BCUT2D eigenvalue weighted by Gasteiger charge is 2.32. The number of nitrogens with zero attached hydrogens (tertiary/aromatic N) is 3. The Bertz CT molecular complexity index is 748. The van der Waals surface area contributed by atoms with Crippen LogP contribution in [0, 0.1) is 0 Å². The number of allylic oxidation sites excluding steroid dienone is 3. The van der Waals surface area contributed by atoms with Crippen LogP contribution in [0.25, 0.3) is 0 Å². The zero-order valence-corrected chi connectivity index (χ0v) is 14.4. The van der Waals surface area contributed by atoms with Gasteiger partial charge in [-0.2, -0.15) is 0 Å². The number of ether oxygens (including phenoxy) is 1. The molecule has 0 unspecified atom stereocenters. The van der Waals surface area contributed by atoms with Gasteiger partial charge in [-0.05, 0) is 36.3 Å². The number of rotatable bonds is 2. The SMILES string of the molecule is C1=CC2=CCN([C@H]3COc4cc(N5CCNCC5)ccc4C3)N2C=C1. The van der Waals surface area contributed by atoms with E-state index in [0.717, 1.165) is 51.5 Å². The van der Waals surface area contributed by atoms with E-state index >= 15 is 0 Å². The Hall–Kier alpha value is -2.24. The van der Waals surface area contributed by atoms with Crippen LogP contribution in [-0.2, 0) is 6.42 Å². The maximum Gasteiger partial charge on any atom is 0.124 e. The van der Waals surface area contributed by atoms with E-state index in [1.165, 1.54) is 16.9 Å². The van der Waals surface area contributed by atoms with Gasteiger partial charge in [-0.25, -0.2) is 5.01 Å². The molecule has 5 rings (SSSR count). The Balaban J connectivity index is 1.32. The van der Waals surface area contributed by atoms with Gasteiger partial charge in [-0.15, -0.1) is 0 Å². The van der Waals surface area contributed by atoms with Crippen LogP contribution in [0.1, 0.15) is 5.56 Å². The summed E-state index contributed by atoms with van der Waals surface area (Å²) in [6.07, 6.45) is 11.8. The molecule has 0 amide bonds. The van der Waals surface area contributed by atoms with Gasteiger partial charge in [0.1, 0.15) is 12.4 Å². The molecule has 130 valence electrons. The van der Waals surface area contributed by atoms with E-state index in [1.54, 1.807) is 0 Å². The molecule has 25 heavy (non-hydrogen) atoms. The molecule has 0 aliphatic carbocycles. The van der Waals surface area contributed by atoms with Gasteiger partial charge < -0.3 is 15.0 Å². The minimum atomic E-state index is 0.377. The number of anilines is 1. The van der Waals surface area contributed by atoms with Gasteiger partial charge in [-0.3, -0.25) is 5.01 Å². The van der Waals surface area contributed by atoms with Crippen LogP contribution in [0.3, 0.4) is 0 Å². The van der Waals surface area contributed by atoms with Crippen LogP contribution in [0.15, 0.2) is 54.4 Å². The quantitative estimate of drug-likeness (QED) is 0.891. The molecule has 1 aromatic carbocycles. The predicted octanol–water partition coefficient (Wildman–Crippen LogP) is 1.90. The number of hydrazine groups is 1. The molecule has 1 aromatic rings. The molecule has 1 saturated heterocycles. The third kappa shape index (κ3) is 2.73. The molecule has 5 nitrogen and oxygen atoms in total. The number of fused-ring (bicyclic) bond motifs is 2. The van der Waals surface area contributed by atoms with Crippen LogP contribution in [-0.4, -0.2) is 55.4 Å². The summed E-state index contributed by atoms with van der Waals surface area (Å²) in [6.45, 7) is 5.94. The van der Waals surface area contributed by atoms with Crippen molar-refractivity contribution in [3.8, 4) is 5.75 Å². The predicted molar refractivity (Wildman–Crippen MR) is 99.4 cm³/mol. The van der Waals surface area contributed by atoms with Crippen LogP contribution in [0.4, 0.5) is 5.69 Å². The third-order valence-electron chi connectivity index (χ3n) is 5.48. The molecular formula is C20H24N4O. The molecule has 1 N–H and O–H groups in total. The minimum absolute atomic E-state index is 0.377. The summed E-state index contributed by atoms with van der Waals surface area (Å²) in [7, 11) is 0. The molecule has 0 spiro atoms. The van der Waals surface area contributed by atoms with Crippen molar-refractivity contribution < 1.29 is 4.74 Å².